The van der Waals surface area contributed by atoms with E-state index < -0.39 is 10.0 Å². The molecule has 0 aromatic carbocycles. The third-order valence-corrected chi connectivity index (χ3v) is 5.99. The third-order valence-electron chi connectivity index (χ3n) is 2.90. The van der Waals surface area contributed by atoms with E-state index in [1.807, 2.05) is 0 Å². The number of aromatic nitrogens is 1. The van der Waals surface area contributed by atoms with Crippen LogP contribution < -0.4 is 10.5 Å². The molecule has 1 aliphatic rings. The van der Waals surface area contributed by atoms with Gasteiger partial charge in [-0.1, -0.05) is 24.7 Å². The van der Waals surface area contributed by atoms with Crippen LogP contribution in [0.3, 0.4) is 0 Å². The Morgan fingerprint density at radius 1 is 1.59 bits per heavy atom. The van der Waals surface area contributed by atoms with E-state index in [9.17, 15) is 8.42 Å². The van der Waals surface area contributed by atoms with Gasteiger partial charge in [-0.2, -0.15) is 0 Å². The molecule has 1 aliphatic carbocycles. The van der Waals surface area contributed by atoms with Gasteiger partial charge in [0, 0.05) is 6.04 Å². The molecule has 1 aromatic rings. The number of nitrogens with two attached hydrogens (primary N) is 1. The smallest absolute Gasteiger partial charge is 0.252 e. The minimum atomic E-state index is -3.43. The molecule has 0 saturated heterocycles. The molecule has 1 aromatic heterocycles. The molecule has 1 heterocycles. The Morgan fingerprint density at radius 2 is 2.29 bits per heavy atom. The summed E-state index contributed by atoms with van der Waals surface area (Å²) in [6, 6.07) is 0.0997. The van der Waals surface area contributed by atoms with Crippen LogP contribution in [0.5, 0.6) is 0 Å². The summed E-state index contributed by atoms with van der Waals surface area (Å²) in [5, 5.41) is 0.295. The number of anilines is 1. The summed E-state index contributed by atoms with van der Waals surface area (Å²) in [6.07, 6.45) is 3.12. The maximum Gasteiger partial charge on any atom is 0.252 e. The van der Waals surface area contributed by atoms with Crippen LogP contribution in [0.1, 0.15) is 31.9 Å². The van der Waals surface area contributed by atoms with Crippen molar-refractivity contribution >= 4 is 26.5 Å². The number of rotatable bonds is 5. The van der Waals surface area contributed by atoms with Gasteiger partial charge in [0.15, 0.2) is 9.34 Å². The largest absolute Gasteiger partial charge is 0.375 e. The van der Waals surface area contributed by atoms with Crippen molar-refractivity contribution in [3.8, 4) is 0 Å². The predicted molar refractivity (Wildman–Crippen MR) is 68.4 cm³/mol. The molecule has 0 spiro atoms. The highest BCUT2D eigenvalue weighted by atomic mass is 32.2. The lowest BCUT2D eigenvalue weighted by atomic mass is 10.2. The van der Waals surface area contributed by atoms with E-state index in [-0.39, 0.29) is 10.3 Å². The van der Waals surface area contributed by atoms with E-state index in [0.29, 0.717) is 16.7 Å². The Morgan fingerprint density at radius 3 is 2.82 bits per heavy atom. The van der Waals surface area contributed by atoms with Crippen LogP contribution in [0.2, 0.25) is 0 Å². The molecule has 1 fully saturated rings. The first-order chi connectivity index (χ1) is 7.94. The first-order valence-electron chi connectivity index (χ1n) is 5.69. The minimum absolute atomic E-state index is 0.0997. The number of aryl methyl sites for hydroxylation is 1. The zero-order valence-corrected chi connectivity index (χ0v) is 11.6. The van der Waals surface area contributed by atoms with Gasteiger partial charge in [-0.05, 0) is 25.7 Å². The lowest BCUT2D eigenvalue weighted by Crippen LogP contribution is -2.27. The highest BCUT2D eigenvalue weighted by Crippen LogP contribution is 2.36. The summed E-state index contributed by atoms with van der Waals surface area (Å²) in [5.74, 6) is 0.500. The van der Waals surface area contributed by atoms with Gasteiger partial charge in [0.2, 0.25) is 0 Å². The second-order valence-electron chi connectivity index (χ2n) is 4.44. The summed E-state index contributed by atoms with van der Waals surface area (Å²) in [4.78, 5) is 3.94. The number of sulfonamides is 1. The Kier molecular flexibility index (Phi) is 3.42. The molecular weight excluding hydrogens is 258 g/mol. The van der Waals surface area contributed by atoms with Gasteiger partial charge in [-0.25, -0.2) is 18.1 Å². The van der Waals surface area contributed by atoms with Crippen molar-refractivity contribution in [1.29, 1.82) is 0 Å². The zero-order chi connectivity index (χ0) is 12.6. The second kappa shape index (κ2) is 4.55. The summed E-state index contributed by atoms with van der Waals surface area (Å²) in [7, 11) is -3.43. The number of thiazole rings is 1. The van der Waals surface area contributed by atoms with E-state index >= 15 is 0 Å². The van der Waals surface area contributed by atoms with Crippen molar-refractivity contribution in [2.45, 2.75) is 43.4 Å². The number of nitrogens with zero attached hydrogens (tertiary/aromatic N) is 1. The average Bonchev–Trinajstić information content (AvgIpc) is 2.81. The Balaban J connectivity index is 2.08. The van der Waals surface area contributed by atoms with Gasteiger partial charge in [0.1, 0.15) is 0 Å². The lowest BCUT2D eigenvalue weighted by molar-refractivity contribution is 0.574. The van der Waals surface area contributed by atoms with Crippen molar-refractivity contribution < 1.29 is 8.42 Å². The fourth-order valence-corrected chi connectivity index (χ4v) is 4.62. The first kappa shape index (κ1) is 12.8. The van der Waals surface area contributed by atoms with E-state index in [1.165, 1.54) is 0 Å². The van der Waals surface area contributed by atoms with Crippen molar-refractivity contribution in [2.75, 3.05) is 5.73 Å². The summed E-state index contributed by atoms with van der Waals surface area (Å²) < 4.78 is 27.1. The highest BCUT2D eigenvalue weighted by molar-refractivity contribution is 7.91. The molecule has 0 radical (unpaired) electrons. The maximum atomic E-state index is 12.1. The van der Waals surface area contributed by atoms with Crippen LogP contribution in [0.15, 0.2) is 4.21 Å². The van der Waals surface area contributed by atoms with Crippen LogP contribution >= 0.6 is 11.3 Å². The Labute approximate surface area is 105 Å². The van der Waals surface area contributed by atoms with Crippen molar-refractivity contribution in [1.82, 2.24) is 9.71 Å². The molecule has 3 N–H and O–H groups in total. The van der Waals surface area contributed by atoms with Gasteiger partial charge in [0.25, 0.3) is 10.0 Å². The van der Waals surface area contributed by atoms with Crippen molar-refractivity contribution in [3.05, 3.63) is 5.69 Å². The zero-order valence-electron chi connectivity index (χ0n) is 9.93. The molecule has 2 atom stereocenters. The normalized spacial score (nSPS) is 23.9. The van der Waals surface area contributed by atoms with Gasteiger partial charge in [-0.15, -0.1) is 0 Å². The maximum absolute atomic E-state index is 12.1. The molecular formula is C10H17N3O2S2. The van der Waals surface area contributed by atoms with Crippen LogP contribution in [0, 0.1) is 12.8 Å². The molecule has 1 saturated carbocycles. The first-order valence-corrected chi connectivity index (χ1v) is 7.99. The molecule has 5 nitrogen and oxygen atoms in total. The Hall–Kier alpha value is -0.660. The summed E-state index contributed by atoms with van der Waals surface area (Å²) in [5.41, 5.74) is 5.99. The predicted octanol–water partition coefficient (Wildman–Crippen LogP) is 1.50. The number of hydrogen-bond donors (Lipinski definition) is 2. The fourth-order valence-electron chi connectivity index (χ4n) is 1.99. The molecule has 17 heavy (non-hydrogen) atoms. The standard InChI is InChI=1S/C10H17N3O2S2/c1-3-4-7-5-8(7)13-17(14,15)9-6(2)12-10(11)16-9/h7-8,13H,3-5H2,1-2H3,(H2,11,12). The third kappa shape index (κ3) is 2.78. The number of nitrogens with one attached hydrogen (secondary N) is 1. The van der Waals surface area contributed by atoms with Gasteiger partial charge in [0.05, 0.1) is 5.69 Å². The average molecular weight is 275 g/mol. The molecule has 0 bridgehead atoms. The van der Waals surface area contributed by atoms with Crippen LogP contribution in [0.25, 0.3) is 0 Å². The minimum Gasteiger partial charge on any atom is -0.375 e. The summed E-state index contributed by atoms with van der Waals surface area (Å²) in [6.45, 7) is 3.77. The van der Waals surface area contributed by atoms with Crippen LogP contribution in [0.4, 0.5) is 5.13 Å². The van der Waals surface area contributed by atoms with Crippen LogP contribution in [-0.2, 0) is 10.0 Å². The van der Waals surface area contributed by atoms with Crippen molar-refractivity contribution in [2.24, 2.45) is 5.92 Å². The monoisotopic (exact) mass is 275 g/mol. The molecule has 96 valence electrons. The molecule has 2 rings (SSSR count). The molecule has 0 amide bonds. The highest BCUT2D eigenvalue weighted by Gasteiger charge is 2.40. The molecule has 0 aliphatic heterocycles. The molecule has 2 unspecified atom stereocenters. The topological polar surface area (TPSA) is 85.1 Å². The quantitative estimate of drug-likeness (QED) is 0.852. The summed E-state index contributed by atoms with van der Waals surface area (Å²) >= 11 is 1.02. The van der Waals surface area contributed by atoms with Gasteiger partial charge in [-0.3, -0.25) is 0 Å². The fraction of sp³-hybridized carbons (Fsp3) is 0.700. The Bertz CT molecular complexity index is 510. The SMILES string of the molecule is CCCC1CC1NS(=O)(=O)c1sc(N)nc1C. The lowest BCUT2D eigenvalue weighted by Gasteiger charge is -2.04. The van der Waals surface area contributed by atoms with E-state index in [1.54, 1.807) is 6.92 Å². The van der Waals surface area contributed by atoms with E-state index in [2.05, 4.69) is 16.6 Å². The van der Waals surface area contributed by atoms with Crippen molar-refractivity contribution in [3.63, 3.8) is 0 Å². The van der Waals surface area contributed by atoms with Gasteiger partial charge >= 0.3 is 0 Å². The number of nitrogen functional groups attached to an aromatic ring is 1. The number of hydrogen-bond acceptors (Lipinski definition) is 5. The molecule has 7 heteroatoms. The second-order valence-corrected chi connectivity index (χ2v) is 7.38. The van der Waals surface area contributed by atoms with E-state index in [4.69, 9.17) is 5.73 Å². The van der Waals surface area contributed by atoms with Gasteiger partial charge < -0.3 is 5.73 Å². The van der Waals surface area contributed by atoms with E-state index in [0.717, 1.165) is 30.6 Å². The van der Waals surface area contributed by atoms with Crippen LogP contribution in [-0.4, -0.2) is 19.4 Å².